The van der Waals surface area contributed by atoms with Crippen LogP contribution in [0.1, 0.15) is 31.3 Å². The summed E-state index contributed by atoms with van der Waals surface area (Å²) in [7, 11) is 1.90. The summed E-state index contributed by atoms with van der Waals surface area (Å²) in [6.45, 7) is 5.99. The summed E-state index contributed by atoms with van der Waals surface area (Å²) >= 11 is 5.98. The third kappa shape index (κ3) is 6.19. The van der Waals surface area contributed by atoms with Gasteiger partial charge in [-0.15, -0.1) is 0 Å². The van der Waals surface area contributed by atoms with Crippen molar-refractivity contribution in [2.45, 2.75) is 32.5 Å². The number of ether oxygens (including phenoxy) is 3. The monoisotopic (exact) mass is 421 g/mol. The molecule has 0 radical (unpaired) electrons. The van der Waals surface area contributed by atoms with Crippen molar-refractivity contribution in [2.75, 3.05) is 32.9 Å². The lowest BCUT2D eigenvalue weighted by Gasteiger charge is -2.32. The van der Waals surface area contributed by atoms with Gasteiger partial charge in [0.25, 0.3) is 0 Å². The van der Waals surface area contributed by atoms with Crippen LogP contribution in [-0.4, -0.2) is 59.6 Å². The lowest BCUT2D eigenvalue weighted by atomic mass is 10.2. The molecular formula is C21H28ClN3O4. The molecular weight excluding hydrogens is 394 g/mol. The predicted molar refractivity (Wildman–Crippen MR) is 110 cm³/mol. The number of benzene rings is 1. The number of hydrogen-bond donors (Lipinski definition) is 0. The molecule has 1 aromatic carbocycles. The van der Waals surface area contributed by atoms with Gasteiger partial charge in [-0.3, -0.25) is 9.48 Å². The SMILES string of the molecule is CC(C)OCC(=O)N1CCO[C@H](c2cc(CCOc3cccc(Cl)c3)n(C)n2)C1. The van der Waals surface area contributed by atoms with Crippen molar-refractivity contribution >= 4 is 17.5 Å². The molecule has 0 N–H and O–H groups in total. The van der Waals surface area contributed by atoms with E-state index < -0.39 is 0 Å². The molecule has 2 heterocycles. The first-order valence-electron chi connectivity index (χ1n) is 9.84. The largest absolute Gasteiger partial charge is 0.493 e. The van der Waals surface area contributed by atoms with E-state index >= 15 is 0 Å². The second-order valence-corrected chi connectivity index (χ2v) is 7.74. The van der Waals surface area contributed by atoms with Crippen molar-refractivity contribution in [2.24, 2.45) is 7.05 Å². The van der Waals surface area contributed by atoms with Crippen LogP contribution in [-0.2, 0) is 27.7 Å². The van der Waals surface area contributed by atoms with Gasteiger partial charge in [-0.1, -0.05) is 17.7 Å². The van der Waals surface area contributed by atoms with E-state index in [-0.39, 0.29) is 24.7 Å². The maximum atomic E-state index is 12.3. The van der Waals surface area contributed by atoms with Gasteiger partial charge >= 0.3 is 0 Å². The first-order valence-corrected chi connectivity index (χ1v) is 10.2. The lowest BCUT2D eigenvalue weighted by Crippen LogP contribution is -2.44. The Morgan fingerprint density at radius 2 is 2.21 bits per heavy atom. The number of carbonyl (C=O) groups is 1. The summed E-state index contributed by atoms with van der Waals surface area (Å²) in [6.07, 6.45) is 0.497. The minimum Gasteiger partial charge on any atom is -0.493 e. The molecule has 1 aliphatic heterocycles. The first kappa shape index (κ1) is 21.6. The number of morpholine rings is 1. The minimum absolute atomic E-state index is 0.0157. The van der Waals surface area contributed by atoms with Gasteiger partial charge in [-0.2, -0.15) is 5.10 Å². The highest BCUT2D eigenvalue weighted by atomic mass is 35.5. The topological polar surface area (TPSA) is 65.8 Å². The average molecular weight is 422 g/mol. The Morgan fingerprint density at radius 1 is 1.38 bits per heavy atom. The van der Waals surface area contributed by atoms with Crippen LogP contribution in [0.15, 0.2) is 30.3 Å². The zero-order chi connectivity index (χ0) is 20.8. The molecule has 0 unspecified atom stereocenters. The molecule has 1 aliphatic rings. The molecule has 1 saturated heterocycles. The normalized spacial score (nSPS) is 17.0. The number of nitrogens with zero attached hydrogens (tertiary/aromatic N) is 3. The molecule has 3 rings (SSSR count). The number of amides is 1. The summed E-state index contributed by atoms with van der Waals surface area (Å²) in [5.41, 5.74) is 1.87. The molecule has 1 fully saturated rings. The van der Waals surface area contributed by atoms with Crippen LogP contribution in [0.2, 0.25) is 5.02 Å². The third-order valence-electron chi connectivity index (χ3n) is 4.71. The molecule has 29 heavy (non-hydrogen) atoms. The first-order chi connectivity index (χ1) is 13.9. The molecule has 0 spiro atoms. The van der Waals surface area contributed by atoms with Gasteiger partial charge in [0.1, 0.15) is 18.5 Å². The molecule has 8 heteroatoms. The van der Waals surface area contributed by atoms with Gasteiger partial charge in [0.2, 0.25) is 5.91 Å². The van der Waals surface area contributed by atoms with E-state index in [9.17, 15) is 4.79 Å². The second kappa shape index (κ2) is 10.1. The summed E-state index contributed by atoms with van der Waals surface area (Å²) in [5.74, 6) is 0.728. The summed E-state index contributed by atoms with van der Waals surface area (Å²) in [4.78, 5) is 14.1. The zero-order valence-electron chi connectivity index (χ0n) is 17.1. The fraction of sp³-hybridized carbons (Fsp3) is 0.524. The summed E-state index contributed by atoms with van der Waals surface area (Å²) < 4.78 is 18.9. The fourth-order valence-corrected chi connectivity index (χ4v) is 3.32. The van der Waals surface area contributed by atoms with E-state index in [2.05, 4.69) is 5.10 Å². The molecule has 2 aromatic rings. The summed E-state index contributed by atoms with van der Waals surface area (Å²) in [6, 6.07) is 9.37. The van der Waals surface area contributed by atoms with Crippen LogP contribution >= 0.6 is 11.6 Å². The molecule has 1 atom stereocenters. The third-order valence-corrected chi connectivity index (χ3v) is 4.94. The van der Waals surface area contributed by atoms with Crippen molar-refractivity contribution in [3.63, 3.8) is 0 Å². The van der Waals surface area contributed by atoms with Gasteiger partial charge in [0.05, 0.1) is 31.6 Å². The van der Waals surface area contributed by atoms with Crippen molar-refractivity contribution in [3.05, 3.63) is 46.7 Å². The number of halogens is 1. The molecule has 0 bridgehead atoms. The van der Waals surface area contributed by atoms with Gasteiger partial charge in [0, 0.05) is 30.7 Å². The van der Waals surface area contributed by atoms with E-state index in [1.54, 1.807) is 11.0 Å². The molecule has 1 aromatic heterocycles. The van der Waals surface area contributed by atoms with Gasteiger partial charge in [-0.05, 0) is 38.1 Å². The highest BCUT2D eigenvalue weighted by Crippen LogP contribution is 2.23. The Labute approximate surface area is 176 Å². The Kier molecular flexibility index (Phi) is 7.52. The Bertz CT molecular complexity index is 824. The highest BCUT2D eigenvalue weighted by molar-refractivity contribution is 6.30. The van der Waals surface area contributed by atoms with Crippen LogP contribution in [0.5, 0.6) is 5.75 Å². The Hall–Kier alpha value is -2.09. The molecule has 1 amide bonds. The highest BCUT2D eigenvalue weighted by Gasteiger charge is 2.27. The molecule has 158 valence electrons. The smallest absolute Gasteiger partial charge is 0.248 e. The number of aromatic nitrogens is 2. The predicted octanol–water partition coefficient (Wildman–Crippen LogP) is 3.02. The van der Waals surface area contributed by atoms with Crippen LogP contribution in [0.25, 0.3) is 0 Å². The quantitative estimate of drug-likeness (QED) is 0.655. The van der Waals surface area contributed by atoms with Crippen LogP contribution in [0.4, 0.5) is 0 Å². The van der Waals surface area contributed by atoms with Crippen molar-refractivity contribution in [3.8, 4) is 5.75 Å². The lowest BCUT2D eigenvalue weighted by molar-refractivity contribution is -0.145. The second-order valence-electron chi connectivity index (χ2n) is 7.30. The van der Waals surface area contributed by atoms with E-state index in [1.807, 2.05) is 49.8 Å². The van der Waals surface area contributed by atoms with Gasteiger partial charge < -0.3 is 19.1 Å². The Balaban J connectivity index is 1.55. The standard InChI is InChI=1S/C21H28ClN3O4/c1-15(2)29-14-21(26)25-8-10-28-20(13-25)19-12-17(24(3)23-19)7-9-27-18-6-4-5-16(22)11-18/h4-6,11-12,15,20H,7-10,13-14H2,1-3H3/t20-/m0/s1. The summed E-state index contributed by atoms with van der Waals surface area (Å²) in [5, 5.41) is 5.24. The zero-order valence-corrected chi connectivity index (χ0v) is 17.9. The maximum Gasteiger partial charge on any atom is 0.248 e. The van der Waals surface area contributed by atoms with E-state index in [4.69, 9.17) is 25.8 Å². The molecule has 0 aliphatic carbocycles. The van der Waals surface area contributed by atoms with Crippen LogP contribution < -0.4 is 4.74 Å². The van der Waals surface area contributed by atoms with Gasteiger partial charge in [-0.25, -0.2) is 0 Å². The fourth-order valence-electron chi connectivity index (χ4n) is 3.14. The van der Waals surface area contributed by atoms with Crippen LogP contribution in [0.3, 0.4) is 0 Å². The number of hydrogen-bond acceptors (Lipinski definition) is 5. The molecule has 7 nitrogen and oxygen atoms in total. The maximum absolute atomic E-state index is 12.3. The molecule has 0 saturated carbocycles. The number of rotatable bonds is 8. The van der Waals surface area contributed by atoms with Crippen molar-refractivity contribution < 1.29 is 19.0 Å². The van der Waals surface area contributed by atoms with E-state index in [0.29, 0.717) is 37.7 Å². The average Bonchev–Trinajstić information content (AvgIpc) is 3.07. The minimum atomic E-state index is -0.236. The van der Waals surface area contributed by atoms with Crippen molar-refractivity contribution in [1.29, 1.82) is 0 Å². The number of aryl methyl sites for hydroxylation is 1. The van der Waals surface area contributed by atoms with E-state index in [0.717, 1.165) is 17.1 Å². The van der Waals surface area contributed by atoms with Crippen LogP contribution in [0, 0.1) is 0 Å². The van der Waals surface area contributed by atoms with Crippen molar-refractivity contribution in [1.82, 2.24) is 14.7 Å². The van der Waals surface area contributed by atoms with E-state index in [1.165, 1.54) is 0 Å². The van der Waals surface area contributed by atoms with Gasteiger partial charge in [0.15, 0.2) is 0 Å². The Morgan fingerprint density at radius 3 is 2.97 bits per heavy atom. The number of carbonyl (C=O) groups excluding carboxylic acids is 1.